The van der Waals surface area contributed by atoms with Crippen LogP contribution in [-0.4, -0.2) is 72.5 Å². The Kier molecular flexibility index (Phi) is 5.50. The van der Waals surface area contributed by atoms with Gasteiger partial charge in [-0.15, -0.1) is 0 Å². The highest BCUT2D eigenvalue weighted by Crippen LogP contribution is 2.28. The summed E-state index contributed by atoms with van der Waals surface area (Å²) in [4.78, 5) is 15.5. The van der Waals surface area contributed by atoms with Gasteiger partial charge in [-0.2, -0.15) is 0 Å². The Hall–Kier alpha value is -1.70. The van der Waals surface area contributed by atoms with E-state index in [1.54, 1.807) is 12.1 Å². The first-order valence-corrected chi connectivity index (χ1v) is 10.7. The van der Waals surface area contributed by atoms with Crippen LogP contribution < -0.4 is 0 Å². The number of piperazine rings is 1. The maximum absolute atomic E-state index is 12.3. The molecule has 2 aliphatic rings. The van der Waals surface area contributed by atoms with Gasteiger partial charge in [-0.1, -0.05) is 23.8 Å². The summed E-state index contributed by atoms with van der Waals surface area (Å²) in [6, 6.07) is 6.87. The van der Waals surface area contributed by atoms with Crippen molar-refractivity contribution in [3.05, 3.63) is 47.0 Å². The van der Waals surface area contributed by atoms with Crippen molar-refractivity contribution >= 4 is 15.8 Å². The number of hydrogen-bond acceptors (Lipinski definition) is 5. The Balaban J connectivity index is 1.75. The van der Waals surface area contributed by atoms with E-state index in [-0.39, 0.29) is 29.2 Å². The van der Waals surface area contributed by atoms with Gasteiger partial charge in [0.1, 0.15) is 0 Å². The third-order valence-electron chi connectivity index (χ3n) is 5.23. The first-order valence-electron chi connectivity index (χ1n) is 8.89. The molecular weight excluding hydrogens is 352 g/mol. The van der Waals surface area contributed by atoms with E-state index in [1.165, 1.54) is 5.57 Å². The molecule has 2 fully saturated rings. The van der Waals surface area contributed by atoms with E-state index in [0.717, 1.165) is 25.2 Å². The van der Waals surface area contributed by atoms with E-state index in [2.05, 4.69) is 29.7 Å². The Labute approximate surface area is 155 Å². The zero-order valence-corrected chi connectivity index (χ0v) is 16.1. The first kappa shape index (κ1) is 19.1. The lowest BCUT2D eigenvalue weighted by atomic mass is 10.0. The van der Waals surface area contributed by atoms with Crippen LogP contribution in [0.1, 0.15) is 29.8 Å². The molecule has 142 valence electrons. The Morgan fingerprint density at radius 1 is 1.12 bits per heavy atom. The number of carboxylic acids is 1. The molecule has 0 saturated carbocycles. The van der Waals surface area contributed by atoms with Gasteiger partial charge in [0.15, 0.2) is 9.84 Å². The lowest BCUT2D eigenvalue weighted by molar-refractivity contribution is 0.0478. The average Bonchev–Trinajstić information content (AvgIpc) is 2.90. The predicted octanol–water partition coefficient (Wildman–Crippen LogP) is 1.63. The number of rotatable bonds is 5. The van der Waals surface area contributed by atoms with Gasteiger partial charge in [-0.3, -0.25) is 9.80 Å². The molecule has 2 aliphatic heterocycles. The molecular formula is C19H26N2O4S. The van der Waals surface area contributed by atoms with Gasteiger partial charge in [0, 0.05) is 38.3 Å². The van der Waals surface area contributed by atoms with Gasteiger partial charge in [0.05, 0.1) is 17.1 Å². The summed E-state index contributed by atoms with van der Waals surface area (Å²) in [7, 11) is -3.03. The Morgan fingerprint density at radius 2 is 1.69 bits per heavy atom. The largest absolute Gasteiger partial charge is 0.478 e. The first-order chi connectivity index (χ1) is 12.2. The smallest absolute Gasteiger partial charge is 0.335 e. The van der Waals surface area contributed by atoms with E-state index in [0.29, 0.717) is 6.54 Å². The number of carboxylic acid groups (broad SMARTS) is 1. The third-order valence-corrected chi connectivity index (χ3v) is 6.93. The zero-order chi connectivity index (χ0) is 18.9. The van der Waals surface area contributed by atoms with Crippen molar-refractivity contribution in [1.29, 1.82) is 0 Å². The number of aromatic carboxylic acids is 1. The van der Waals surface area contributed by atoms with Crippen LogP contribution in [0.5, 0.6) is 0 Å². The monoisotopic (exact) mass is 378 g/mol. The molecule has 0 amide bonds. The summed E-state index contributed by atoms with van der Waals surface area (Å²) in [6.45, 7) is 7.20. The number of allylic oxidation sites excluding steroid dienone is 1. The molecule has 26 heavy (non-hydrogen) atoms. The molecule has 0 radical (unpaired) electrons. The van der Waals surface area contributed by atoms with Crippen molar-refractivity contribution in [3.8, 4) is 0 Å². The normalized spacial score (nSPS) is 25.6. The average molecular weight is 378 g/mol. The van der Waals surface area contributed by atoms with E-state index >= 15 is 0 Å². The molecule has 2 saturated heterocycles. The summed E-state index contributed by atoms with van der Waals surface area (Å²) in [5.74, 6) is -0.509. The van der Waals surface area contributed by atoms with E-state index in [9.17, 15) is 13.2 Å². The molecule has 2 atom stereocenters. The Morgan fingerprint density at radius 3 is 2.27 bits per heavy atom. The lowest BCUT2D eigenvalue weighted by Gasteiger charge is -2.43. The van der Waals surface area contributed by atoms with Gasteiger partial charge in [-0.25, -0.2) is 13.2 Å². The van der Waals surface area contributed by atoms with Crippen molar-refractivity contribution in [2.24, 2.45) is 0 Å². The van der Waals surface area contributed by atoms with Gasteiger partial charge in [-0.05, 0) is 31.5 Å². The van der Waals surface area contributed by atoms with Gasteiger partial charge < -0.3 is 5.11 Å². The van der Waals surface area contributed by atoms with Crippen LogP contribution in [0.25, 0.3) is 0 Å². The summed E-state index contributed by atoms with van der Waals surface area (Å²) in [5, 5.41) is 9.01. The number of fused-ring (bicyclic) bond motifs is 1. The summed E-state index contributed by atoms with van der Waals surface area (Å²) < 4.78 is 24.5. The van der Waals surface area contributed by atoms with E-state index in [4.69, 9.17) is 5.11 Å². The second kappa shape index (κ2) is 7.50. The zero-order valence-electron chi connectivity index (χ0n) is 15.3. The van der Waals surface area contributed by atoms with Crippen LogP contribution >= 0.6 is 0 Å². The molecule has 0 spiro atoms. The quantitative estimate of drug-likeness (QED) is 0.785. The summed E-state index contributed by atoms with van der Waals surface area (Å²) in [6.07, 6.45) is 2.16. The van der Waals surface area contributed by atoms with E-state index in [1.807, 2.05) is 12.1 Å². The highest BCUT2D eigenvalue weighted by atomic mass is 32.2. The summed E-state index contributed by atoms with van der Waals surface area (Å²) >= 11 is 0. The molecule has 1 aromatic carbocycles. The molecule has 3 rings (SSSR count). The molecule has 1 N–H and O–H groups in total. The van der Waals surface area contributed by atoms with Crippen molar-refractivity contribution in [1.82, 2.24) is 9.80 Å². The van der Waals surface area contributed by atoms with Crippen molar-refractivity contribution < 1.29 is 18.3 Å². The molecule has 7 heteroatoms. The molecule has 2 heterocycles. The standard InChI is InChI=1S/C19H26N2O4S/c1-14(2)7-8-20-9-10-21(18-13-26(24,25)12-17(18)20)11-15-3-5-16(6-4-15)19(22)23/h3-7,17-18H,8-13H2,1-2H3,(H,22,23). The number of benzene rings is 1. The third kappa shape index (κ3) is 4.34. The maximum Gasteiger partial charge on any atom is 0.335 e. The molecule has 0 aromatic heterocycles. The number of hydrogen-bond donors (Lipinski definition) is 1. The fourth-order valence-electron chi connectivity index (χ4n) is 3.81. The second-order valence-electron chi connectivity index (χ2n) is 7.46. The van der Waals surface area contributed by atoms with Gasteiger partial charge in [0.25, 0.3) is 0 Å². The van der Waals surface area contributed by atoms with Crippen LogP contribution in [-0.2, 0) is 16.4 Å². The topological polar surface area (TPSA) is 77.9 Å². The van der Waals surface area contributed by atoms with Gasteiger partial charge in [0.2, 0.25) is 0 Å². The molecule has 6 nitrogen and oxygen atoms in total. The van der Waals surface area contributed by atoms with Crippen molar-refractivity contribution in [3.63, 3.8) is 0 Å². The minimum atomic E-state index is -3.03. The van der Waals surface area contributed by atoms with Crippen LogP contribution in [0.3, 0.4) is 0 Å². The maximum atomic E-state index is 12.3. The SMILES string of the molecule is CC(C)=CCN1CCN(Cc2ccc(C(=O)O)cc2)C2CS(=O)(=O)CC21. The molecule has 0 bridgehead atoms. The van der Waals surface area contributed by atoms with Crippen LogP contribution in [0.15, 0.2) is 35.9 Å². The van der Waals surface area contributed by atoms with Crippen LogP contribution in [0.4, 0.5) is 0 Å². The number of nitrogens with zero attached hydrogens (tertiary/aromatic N) is 2. The summed E-state index contributed by atoms with van der Waals surface area (Å²) in [5.41, 5.74) is 2.51. The molecule has 2 unspecified atom stereocenters. The van der Waals surface area contributed by atoms with Gasteiger partial charge >= 0.3 is 5.97 Å². The van der Waals surface area contributed by atoms with E-state index < -0.39 is 15.8 Å². The predicted molar refractivity (Wildman–Crippen MR) is 101 cm³/mol. The highest BCUT2D eigenvalue weighted by Gasteiger charge is 2.46. The van der Waals surface area contributed by atoms with Crippen molar-refractivity contribution in [2.75, 3.05) is 31.1 Å². The fourth-order valence-corrected chi connectivity index (χ4v) is 5.85. The highest BCUT2D eigenvalue weighted by molar-refractivity contribution is 7.91. The van der Waals surface area contributed by atoms with Crippen LogP contribution in [0.2, 0.25) is 0 Å². The lowest BCUT2D eigenvalue weighted by Crippen LogP contribution is -2.58. The fraction of sp³-hybridized carbons (Fsp3) is 0.526. The second-order valence-corrected chi connectivity index (χ2v) is 9.61. The van der Waals surface area contributed by atoms with Crippen LogP contribution in [0, 0.1) is 0 Å². The minimum Gasteiger partial charge on any atom is -0.478 e. The minimum absolute atomic E-state index is 0.00142. The molecule has 1 aromatic rings. The Bertz CT molecular complexity index is 797. The number of sulfone groups is 1. The number of carbonyl (C=O) groups is 1. The van der Waals surface area contributed by atoms with Crippen molar-refractivity contribution in [2.45, 2.75) is 32.5 Å². The molecule has 0 aliphatic carbocycles.